The molecular weight excluding hydrogens is 296 g/mol. The number of carbonyl (C=O) groups excluding carboxylic acids is 1. The maximum Gasteiger partial charge on any atom is 0.229 e. The predicted molar refractivity (Wildman–Crippen MR) is 71.0 cm³/mol. The highest BCUT2D eigenvalue weighted by Crippen LogP contribution is 2.23. The molecule has 1 heterocycles. The van der Waals surface area contributed by atoms with Crippen molar-refractivity contribution in [2.75, 3.05) is 18.5 Å². The number of halogens is 1. The lowest BCUT2D eigenvalue weighted by molar-refractivity contribution is -0.123. The minimum absolute atomic E-state index is 0.0794. The van der Waals surface area contributed by atoms with Crippen molar-refractivity contribution in [1.29, 1.82) is 5.26 Å². The minimum Gasteiger partial charge on any atom is -0.381 e. The Labute approximate surface area is 114 Å². The van der Waals surface area contributed by atoms with Crippen LogP contribution in [0.3, 0.4) is 0 Å². The number of nitriles is 1. The molecule has 2 rings (SSSR count). The molecule has 18 heavy (non-hydrogen) atoms. The Morgan fingerprint density at radius 2 is 2.39 bits per heavy atom. The number of hydrogen-bond donors (Lipinski definition) is 1. The highest BCUT2D eigenvalue weighted by molar-refractivity contribution is 9.10. The topological polar surface area (TPSA) is 62.1 Å². The van der Waals surface area contributed by atoms with Crippen LogP contribution in [0.2, 0.25) is 0 Å². The molecule has 1 atom stereocenters. The van der Waals surface area contributed by atoms with Crippen LogP contribution in [0.25, 0.3) is 0 Å². The van der Waals surface area contributed by atoms with E-state index in [1.165, 1.54) is 0 Å². The van der Waals surface area contributed by atoms with Crippen molar-refractivity contribution < 1.29 is 9.53 Å². The van der Waals surface area contributed by atoms with Crippen molar-refractivity contribution in [3.8, 4) is 6.07 Å². The minimum atomic E-state index is -0.121. The summed E-state index contributed by atoms with van der Waals surface area (Å²) in [6, 6.07) is 7.25. The average molecular weight is 309 g/mol. The van der Waals surface area contributed by atoms with E-state index in [2.05, 4.69) is 27.3 Å². The lowest BCUT2D eigenvalue weighted by atomic mass is 10.0. The molecule has 1 aliphatic heterocycles. The first-order valence-electron chi connectivity index (χ1n) is 5.79. The largest absolute Gasteiger partial charge is 0.381 e. The number of nitrogens with one attached hydrogen (secondary N) is 1. The Hall–Kier alpha value is -1.38. The smallest absolute Gasteiger partial charge is 0.229 e. The van der Waals surface area contributed by atoms with Crippen LogP contribution in [-0.4, -0.2) is 19.1 Å². The van der Waals surface area contributed by atoms with E-state index < -0.39 is 0 Å². The van der Waals surface area contributed by atoms with E-state index in [-0.39, 0.29) is 11.8 Å². The molecule has 1 unspecified atom stereocenters. The van der Waals surface area contributed by atoms with E-state index >= 15 is 0 Å². The molecule has 0 aliphatic carbocycles. The van der Waals surface area contributed by atoms with Crippen molar-refractivity contribution in [2.24, 2.45) is 5.92 Å². The Morgan fingerprint density at radius 3 is 3.06 bits per heavy atom. The zero-order valence-electron chi connectivity index (χ0n) is 9.78. The Bertz CT molecular complexity index is 490. The summed E-state index contributed by atoms with van der Waals surface area (Å²) in [4.78, 5) is 12.0. The number of anilines is 1. The summed E-state index contributed by atoms with van der Waals surface area (Å²) in [6.07, 6.45) is 1.74. The highest BCUT2D eigenvalue weighted by Gasteiger charge is 2.22. The summed E-state index contributed by atoms with van der Waals surface area (Å²) in [5.74, 6) is -0.200. The normalized spacial score (nSPS) is 19.0. The maximum atomic E-state index is 12.0. The molecule has 1 amide bonds. The second kappa shape index (κ2) is 5.98. The number of rotatable bonds is 2. The van der Waals surface area contributed by atoms with Gasteiger partial charge in [0.1, 0.15) is 6.07 Å². The number of ether oxygens (including phenoxy) is 1. The van der Waals surface area contributed by atoms with Crippen LogP contribution in [0.1, 0.15) is 18.4 Å². The molecule has 4 nitrogen and oxygen atoms in total. The third-order valence-electron chi connectivity index (χ3n) is 2.89. The van der Waals surface area contributed by atoms with Gasteiger partial charge >= 0.3 is 0 Å². The summed E-state index contributed by atoms with van der Waals surface area (Å²) in [7, 11) is 0. The summed E-state index contributed by atoms with van der Waals surface area (Å²) in [6.45, 7) is 1.19. The van der Waals surface area contributed by atoms with E-state index in [0.29, 0.717) is 17.9 Å². The predicted octanol–water partition coefficient (Wildman–Crippen LogP) is 2.69. The quantitative estimate of drug-likeness (QED) is 0.913. The number of amides is 1. The number of nitrogens with zero attached hydrogens (tertiary/aromatic N) is 1. The van der Waals surface area contributed by atoms with Gasteiger partial charge in [-0.25, -0.2) is 0 Å². The molecule has 1 aromatic rings. The Morgan fingerprint density at radius 1 is 1.56 bits per heavy atom. The van der Waals surface area contributed by atoms with Gasteiger partial charge in [-0.05, 0) is 31.0 Å². The summed E-state index contributed by atoms with van der Waals surface area (Å²) in [5, 5.41) is 11.8. The Balaban J connectivity index is 2.11. The Kier molecular flexibility index (Phi) is 4.34. The SMILES string of the molecule is N#Cc1ccc(Br)cc1NC(=O)C1CCCOC1. The van der Waals surface area contributed by atoms with Gasteiger partial charge in [-0.2, -0.15) is 5.26 Å². The lowest BCUT2D eigenvalue weighted by Gasteiger charge is -2.21. The summed E-state index contributed by atoms with van der Waals surface area (Å²) in [5.41, 5.74) is 1.01. The third kappa shape index (κ3) is 3.09. The van der Waals surface area contributed by atoms with Crippen molar-refractivity contribution in [1.82, 2.24) is 0 Å². The van der Waals surface area contributed by atoms with Crippen LogP contribution in [0.4, 0.5) is 5.69 Å². The van der Waals surface area contributed by atoms with E-state index in [1.54, 1.807) is 18.2 Å². The maximum absolute atomic E-state index is 12.0. The van der Waals surface area contributed by atoms with Crippen LogP contribution in [0, 0.1) is 17.2 Å². The third-order valence-corrected chi connectivity index (χ3v) is 3.38. The van der Waals surface area contributed by atoms with Crippen molar-refractivity contribution in [3.63, 3.8) is 0 Å². The van der Waals surface area contributed by atoms with E-state index in [0.717, 1.165) is 23.9 Å². The fraction of sp³-hybridized carbons (Fsp3) is 0.385. The molecular formula is C13H13BrN2O2. The first-order chi connectivity index (χ1) is 8.70. The van der Waals surface area contributed by atoms with Crippen LogP contribution in [-0.2, 0) is 9.53 Å². The first kappa shape index (κ1) is 13.1. The number of benzene rings is 1. The van der Waals surface area contributed by atoms with Crippen molar-refractivity contribution >= 4 is 27.5 Å². The molecule has 1 saturated heterocycles. The van der Waals surface area contributed by atoms with Crippen molar-refractivity contribution in [3.05, 3.63) is 28.2 Å². The second-order valence-electron chi connectivity index (χ2n) is 4.21. The van der Waals surface area contributed by atoms with E-state index in [4.69, 9.17) is 10.00 Å². The van der Waals surface area contributed by atoms with E-state index in [9.17, 15) is 4.79 Å². The molecule has 0 saturated carbocycles. The van der Waals surface area contributed by atoms with Crippen LogP contribution in [0.15, 0.2) is 22.7 Å². The molecule has 1 aliphatic rings. The zero-order valence-corrected chi connectivity index (χ0v) is 11.4. The molecule has 5 heteroatoms. The van der Waals surface area contributed by atoms with Crippen molar-refractivity contribution in [2.45, 2.75) is 12.8 Å². The van der Waals surface area contributed by atoms with Gasteiger partial charge in [-0.1, -0.05) is 15.9 Å². The zero-order chi connectivity index (χ0) is 13.0. The fourth-order valence-electron chi connectivity index (χ4n) is 1.90. The molecule has 1 fully saturated rings. The molecule has 94 valence electrons. The molecule has 0 bridgehead atoms. The molecule has 0 radical (unpaired) electrons. The van der Waals surface area contributed by atoms with Gasteiger partial charge in [-0.3, -0.25) is 4.79 Å². The van der Waals surface area contributed by atoms with Crippen LogP contribution in [0.5, 0.6) is 0 Å². The molecule has 1 aromatic carbocycles. The summed E-state index contributed by atoms with van der Waals surface area (Å²) < 4.78 is 6.12. The second-order valence-corrected chi connectivity index (χ2v) is 5.12. The van der Waals surface area contributed by atoms with Gasteiger partial charge in [-0.15, -0.1) is 0 Å². The van der Waals surface area contributed by atoms with Gasteiger partial charge < -0.3 is 10.1 Å². The molecule has 0 spiro atoms. The number of hydrogen-bond acceptors (Lipinski definition) is 3. The van der Waals surface area contributed by atoms with Gasteiger partial charge in [0.05, 0.1) is 23.8 Å². The lowest BCUT2D eigenvalue weighted by Crippen LogP contribution is -2.30. The first-order valence-corrected chi connectivity index (χ1v) is 6.58. The fourth-order valence-corrected chi connectivity index (χ4v) is 2.26. The monoisotopic (exact) mass is 308 g/mol. The van der Waals surface area contributed by atoms with Gasteiger partial charge in [0.25, 0.3) is 0 Å². The van der Waals surface area contributed by atoms with Gasteiger partial charge in [0, 0.05) is 11.1 Å². The van der Waals surface area contributed by atoms with Gasteiger partial charge in [0.2, 0.25) is 5.91 Å². The molecule has 0 aromatic heterocycles. The van der Waals surface area contributed by atoms with Gasteiger partial charge in [0.15, 0.2) is 0 Å². The summed E-state index contributed by atoms with van der Waals surface area (Å²) >= 11 is 3.33. The van der Waals surface area contributed by atoms with Crippen LogP contribution < -0.4 is 5.32 Å². The van der Waals surface area contributed by atoms with E-state index in [1.807, 2.05) is 0 Å². The highest BCUT2D eigenvalue weighted by atomic mass is 79.9. The number of carbonyl (C=O) groups is 1. The average Bonchev–Trinajstić information content (AvgIpc) is 2.40. The standard InChI is InChI=1S/C13H13BrN2O2/c14-11-4-3-9(7-15)12(6-11)16-13(17)10-2-1-5-18-8-10/h3-4,6,10H,1-2,5,8H2,(H,16,17). The van der Waals surface area contributed by atoms with Crippen LogP contribution >= 0.6 is 15.9 Å². The molecule has 1 N–H and O–H groups in total.